The summed E-state index contributed by atoms with van der Waals surface area (Å²) in [7, 11) is 1.54. The third-order valence-electron chi connectivity index (χ3n) is 5.71. The molecule has 1 aromatic carbocycles. The predicted molar refractivity (Wildman–Crippen MR) is 131 cm³/mol. The largest absolute Gasteiger partial charge is 0.387 e. The number of halogens is 3. The van der Waals surface area contributed by atoms with E-state index in [1.165, 1.54) is 30.3 Å². The highest BCUT2D eigenvalue weighted by atomic mass is 35.5. The summed E-state index contributed by atoms with van der Waals surface area (Å²) >= 11 is 5.70. The zero-order valence-corrected chi connectivity index (χ0v) is 20.5. The predicted octanol–water partition coefficient (Wildman–Crippen LogP) is 3.16. The fraction of sp³-hybridized carbons (Fsp3) is 0.273. The van der Waals surface area contributed by atoms with Crippen molar-refractivity contribution in [2.75, 3.05) is 25.5 Å². The average Bonchev–Trinajstić information content (AvgIpc) is 3.20. The molecule has 2 amide bonds. The van der Waals surface area contributed by atoms with E-state index in [1.807, 2.05) is 0 Å². The summed E-state index contributed by atoms with van der Waals surface area (Å²) < 4.78 is 29.2. The molecule has 3 aromatic rings. The first-order chi connectivity index (χ1) is 17.2. The molecule has 14 heteroatoms. The van der Waals surface area contributed by atoms with E-state index in [1.54, 1.807) is 7.05 Å². The van der Waals surface area contributed by atoms with Crippen LogP contribution in [0.3, 0.4) is 0 Å². The maximum Gasteiger partial charge on any atom is 0.255 e. The number of carbonyl (C=O) groups is 2. The van der Waals surface area contributed by atoms with Crippen LogP contribution in [0, 0.1) is 28.5 Å². The Bertz CT molecular complexity index is 1430. The number of anilines is 1. The molecule has 0 unspecified atom stereocenters. The van der Waals surface area contributed by atoms with Crippen molar-refractivity contribution in [2.24, 2.45) is 5.92 Å². The number of nitriles is 1. The Kier molecular flexibility index (Phi) is 7.09. The molecule has 0 aliphatic carbocycles. The number of likely N-dealkylation sites (tertiary alicyclic amines) is 1. The molecule has 1 aliphatic heterocycles. The number of nitrogens with zero attached hydrogens (tertiary/aromatic N) is 5. The van der Waals surface area contributed by atoms with Crippen molar-refractivity contribution < 1.29 is 17.9 Å². The average molecular weight is 533 g/mol. The first-order valence-electron chi connectivity index (χ1n) is 10.6. The summed E-state index contributed by atoms with van der Waals surface area (Å²) in [6, 6.07) is 3.67. The van der Waals surface area contributed by atoms with Gasteiger partial charge >= 0.3 is 0 Å². The van der Waals surface area contributed by atoms with Crippen LogP contribution in [0.5, 0.6) is 0 Å². The molecule has 1 saturated heterocycles. The van der Waals surface area contributed by atoms with E-state index < -0.39 is 17.8 Å². The fourth-order valence-corrected chi connectivity index (χ4v) is 4.36. The molecule has 0 spiro atoms. The number of fused-ring (bicyclic) bond motifs is 1. The van der Waals surface area contributed by atoms with E-state index in [4.69, 9.17) is 22.3 Å². The maximum absolute atomic E-state index is 14.7. The van der Waals surface area contributed by atoms with E-state index in [0.29, 0.717) is 13.1 Å². The van der Waals surface area contributed by atoms with Gasteiger partial charge in [-0.3, -0.25) is 15.0 Å². The van der Waals surface area contributed by atoms with Crippen LogP contribution in [0.1, 0.15) is 28.5 Å². The van der Waals surface area contributed by atoms with Crippen LogP contribution < -0.4 is 10.6 Å². The number of nitrogens with one attached hydrogen (secondary N) is 3. The monoisotopic (exact) mass is 532 g/mol. The third-order valence-corrected chi connectivity index (χ3v) is 6.35. The van der Waals surface area contributed by atoms with Crippen LogP contribution in [-0.4, -0.2) is 62.5 Å². The number of benzene rings is 1. The molecule has 186 valence electrons. The minimum absolute atomic E-state index is 0.00759. The highest BCUT2D eigenvalue weighted by Crippen LogP contribution is 2.28. The second-order valence-corrected chi connectivity index (χ2v) is 9.03. The second-order valence-electron chi connectivity index (χ2n) is 8.06. The zero-order valence-electron chi connectivity index (χ0n) is 19.0. The second kappa shape index (κ2) is 10.1. The highest BCUT2D eigenvalue weighted by Gasteiger charge is 2.34. The van der Waals surface area contributed by atoms with Crippen LogP contribution in [-0.2, 0) is 4.79 Å². The van der Waals surface area contributed by atoms with Gasteiger partial charge in [0.05, 0.1) is 35.0 Å². The van der Waals surface area contributed by atoms with Gasteiger partial charge in [0.1, 0.15) is 23.1 Å². The van der Waals surface area contributed by atoms with Crippen molar-refractivity contribution in [3.05, 3.63) is 52.2 Å². The molecular formula is C22H19ClF2N8O2S. The topological polar surface area (TPSA) is 140 Å². The summed E-state index contributed by atoms with van der Waals surface area (Å²) in [5, 5.41) is 22.9. The standard InChI is InChI=1S/C22H19ClF2N8O2S/c1-10(22(35)32-7-11(5-26)8-32)30-21(34)13-9-33(36-25)20-19(13)31-16(6-29-20)18(27)17-14(24)3-12(23)4-15(17)28-2/h3-4,6,9-11,27-28H,7-8H2,1-2H3,(H,30,34)/t10-/m1/s1. The maximum atomic E-state index is 14.7. The van der Waals surface area contributed by atoms with Crippen LogP contribution >= 0.6 is 23.9 Å². The third kappa shape index (κ3) is 4.57. The van der Waals surface area contributed by atoms with Crippen LogP contribution in [0.4, 0.5) is 14.0 Å². The fourth-order valence-electron chi connectivity index (χ4n) is 3.81. The van der Waals surface area contributed by atoms with Crippen LogP contribution in [0.25, 0.3) is 11.2 Å². The van der Waals surface area contributed by atoms with Gasteiger partial charge in [-0.2, -0.15) is 5.26 Å². The molecule has 3 N–H and O–H groups in total. The molecule has 10 nitrogen and oxygen atoms in total. The molecule has 4 rings (SSSR count). The lowest BCUT2D eigenvalue weighted by molar-refractivity contribution is -0.137. The Labute approximate surface area is 213 Å². The Morgan fingerprint density at radius 1 is 1.39 bits per heavy atom. The molecule has 1 fully saturated rings. The Balaban J connectivity index is 1.66. The van der Waals surface area contributed by atoms with Crippen molar-refractivity contribution in [2.45, 2.75) is 13.0 Å². The van der Waals surface area contributed by atoms with E-state index in [0.717, 1.165) is 10.0 Å². The molecule has 1 atom stereocenters. The molecule has 36 heavy (non-hydrogen) atoms. The number of carbonyl (C=O) groups excluding carboxylic acids is 2. The quantitative estimate of drug-likeness (QED) is 0.397. The lowest BCUT2D eigenvalue weighted by Crippen LogP contribution is -2.55. The van der Waals surface area contributed by atoms with Crippen molar-refractivity contribution in [3.8, 4) is 6.07 Å². The first kappa shape index (κ1) is 25.3. The molecule has 2 aromatic heterocycles. The Morgan fingerprint density at radius 3 is 2.75 bits per heavy atom. The van der Waals surface area contributed by atoms with Crippen molar-refractivity contribution in [3.63, 3.8) is 0 Å². The lowest BCUT2D eigenvalue weighted by Gasteiger charge is -2.37. The van der Waals surface area contributed by atoms with E-state index >= 15 is 0 Å². The minimum Gasteiger partial charge on any atom is -0.387 e. The van der Waals surface area contributed by atoms with Gasteiger partial charge in [-0.05, 0) is 19.1 Å². The van der Waals surface area contributed by atoms with Crippen molar-refractivity contribution >= 4 is 58.3 Å². The zero-order chi connectivity index (χ0) is 26.1. The van der Waals surface area contributed by atoms with Gasteiger partial charge in [-0.1, -0.05) is 11.6 Å². The number of hydrogen-bond donors (Lipinski definition) is 3. The summed E-state index contributed by atoms with van der Waals surface area (Å²) in [5.74, 6) is -2.05. The van der Waals surface area contributed by atoms with Gasteiger partial charge in [-0.25, -0.2) is 18.3 Å². The molecular weight excluding hydrogens is 514 g/mol. The van der Waals surface area contributed by atoms with E-state index in [2.05, 4.69) is 26.7 Å². The summed E-state index contributed by atoms with van der Waals surface area (Å²) in [6.07, 6.45) is 2.35. The minimum atomic E-state index is -0.913. The van der Waals surface area contributed by atoms with Crippen LogP contribution in [0.2, 0.25) is 5.02 Å². The summed E-state index contributed by atoms with van der Waals surface area (Å²) in [6.45, 7) is 2.08. The molecule has 0 bridgehead atoms. The van der Waals surface area contributed by atoms with Gasteiger partial charge < -0.3 is 15.5 Å². The summed E-state index contributed by atoms with van der Waals surface area (Å²) in [4.78, 5) is 35.4. The van der Waals surface area contributed by atoms with Gasteiger partial charge in [0.15, 0.2) is 18.0 Å². The molecule has 0 saturated carbocycles. The number of rotatable bonds is 7. The molecule has 1 aliphatic rings. The summed E-state index contributed by atoms with van der Waals surface area (Å²) in [5.41, 5.74) is -0.363. The number of hydrogen-bond acceptors (Lipinski definition) is 8. The lowest BCUT2D eigenvalue weighted by atomic mass is 10.0. The van der Waals surface area contributed by atoms with Gasteiger partial charge in [0.2, 0.25) is 5.91 Å². The Hall–Kier alpha value is -3.76. The number of aromatic nitrogens is 3. The molecule has 0 radical (unpaired) electrons. The van der Waals surface area contributed by atoms with Crippen molar-refractivity contribution in [1.82, 2.24) is 24.2 Å². The van der Waals surface area contributed by atoms with Gasteiger partial charge in [0, 0.05) is 37.0 Å². The van der Waals surface area contributed by atoms with E-state index in [9.17, 15) is 17.9 Å². The SMILES string of the molecule is CNc1cc(Cl)cc(F)c1C(=N)c1cnc2c(n1)c(C(=O)N[C@H](C)C(=O)N1CC(C#N)C1)cn2SF. The van der Waals surface area contributed by atoms with Gasteiger partial charge in [0.25, 0.3) is 5.91 Å². The smallest absolute Gasteiger partial charge is 0.255 e. The van der Waals surface area contributed by atoms with E-state index in [-0.39, 0.29) is 68.6 Å². The van der Waals surface area contributed by atoms with Gasteiger partial charge in [-0.15, -0.1) is 3.89 Å². The Morgan fingerprint density at radius 2 is 2.11 bits per heavy atom. The van der Waals surface area contributed by atoms with Crippen LogP contribution in [0.15, 0.2) is 24.5 Å². The highest BCUT2D eigenvalue weighted by molar-refractivity contribution is 7.92. The number of amides is 2. The molecule has 3 heterocycles. The first-order valence-corrected chi connectivity index (χ1v) is 11.7. The van der Waals surface area contributed by atoms with Crippen molar-refractivity contribution in [1.29, 1.82) is 10.7 Å². The normalized spacial score (nSPS) is 14.2.